The molecule has 9 heteroatoms. The molecule has 0 saturated heterocycles. The number of halogens is 1. The molecule has 4 rings (SSSR count). The fourth-order valence-electron chi connectivity index (χ4n) is 2.49. The molecule has 0 amide bonds. The predicted molar refractivity (Wildman–Crippen MR) is 99.5 cm³/mol. The van der Waals surface area contributed by atoms with E-state index >= 15 is 0 Å². The third kappa shape index (κ3) is 2.85. The monoisotopic (exact) mass is 384 g/mol. The number of nitro groups is 1. The van der Waals surface area contributed by atoms with Gasteiger partial charge in [-0.25, -0.2) is 4.40 Å². The van der Waals surface area contributed by atoms with Crippen LogP contribution in [0.5, 0.6) is 0 Å². The first-order valence-electron chi connectivity index (χ1n) is 7.43. The molecule has 128 valence electrons. The second-order valence-electron chi connectivity index (χ2n) is 5.41. The number of nitro benzene ring substituents is 1. The number of thiazole rings is 1. The molecule has 0 saturated carbocycles. The number of rotatable bonds is 3. The predicted octanol–water partition coefficient (Wildman–Crippen LogP) is 2.93. The molecule has 2 aromatic carbocycles. The third-order valence-corrected chi connectivity index (χ3v) is 4.96. The van der Waals surface area contributed by atoms with Gasteiger partial charge in [0.1, 0.15) is 0 Å². The van der Waals surface area contributed by atoms with Crippen LogP contribution in [0.1, 0.15) is 5.56 Å². The molecule has 26 heavy (non-hydrogen) atoms. The first-order chi connectivity index (χ1) is 12.5. The maximum absolute atomic E-state index is 12.8. The molecular formula is C17H9ClN4O3S. The molecule has 0 aliphatic heterocycles. The Kier molecular flexibility index (Phi) is 3.98. The van der Waals surface area contributed by atoms with E-state index < -0.39 is 4.92 Å². The maximum atomic E-state index is 12.8. The van der Waals surface area contributed by atoms with Gasteiger partial charge in [0, 0.05) is 22.7 Å². The number of fused-ring (bicyclic) bond motifs is 1. The van der Waals surface area contributed by atoms with Gasteiger partial charge in [0.15, 0.2) is 5.82 Å². The number of hydrogen-bond acceptors (Lipinski definition) is 6. The van der Waals surface area contributed by atoms with Crippen LogP contribution in [0.3, 0.4) is 0 Å². The van der Waals surface area contributed by atoms with E-state index in [4.69, 9.17) is 11.6 Å². The lowest BCUT2D eigenvalue weighted by molar-refractivity contribution is -0.384. The second kappa shape index (κ2) is 6.32. The Labute approximate surface area is 155 Å². The first kappa shape index (κ1) is 16.4. The molecule has 0 fully saturated rings. The van der Waals surface area contributed by atoms with E-state index in [1.54, 1.807) is 42.5 Å². The van der Waals surface area contributed by atoms with Crippen molar-refractivity contribution in [2.75, 3.05) is 0 Å². The van der Waals surface area contributed by atoms with E-state index in [-0.39, 0.29) is 11.2 Å². The summed E-state index contributed by atoms with van der Waals surface area (Å²) >= 11 is 7.11. The minimum absolute atomic E-state index is 0.000274. The molecule has 0 atom stereocenters. The highest BCUT2D eigenvalue weighted by molar-refractivity contribution is 7.15. The van der Waals surface area contributed by atoms with Crippen LogP contribution in [-0.2, 0) is 0 Å². The number of benzene rings is 2. The summed E-state index contributed by atoms with van der Waals surface area (Å²) in [5.41, 5.74) is 1.19. The Balaban J connectivity index is 1.82. The van der Waals surface area contributed by atoms with Crippen LogP contribution in [0.25, 0.3) is 22.4 Å². The summed E-state index contributed by atoms with van der Waals surface area (Å²) in [6.07, 6.45) is 1.68. The fraction of sp³-hybridized carbons (Fsp3) is 0. The standard InChI is InChI=1S/C17H9ClN4O3S/c18-12-5-3-11(4-6-12)15-19-20-17-21(15)16(23)14(26-17)9-10-1-7-13(8-2-10)22(24)25/h1-9H/b14-9+. The second-order valence-corrected chi connectivity index (χ2v) is 6.86. The molecule has 0 aliphatic rings. The fourth-order valence-corrected chi connectivity index (χ4v) is 3.53. The van der Waals surface area contributed by atoms with Crippen LogP contribution in [0.4, 0.5) is 5.69 Å². The van der Waals surface area contributed by atoms with Gasteiger partial charge in [-0.2, -0.15) is 0 Å². The van der Waals surface area contributed by atoms with Crippen LogP contribution in [0.2, 0.25) is 5.02 Å². The van der Waals surface area contributed by atoms with Gasteiger partial charge in [-0.3, -0.25) is 14.9 Å². The van der Waals surface area contributed by atoms with Crippen LogP contribution in [0.15, 0.2) is 53.3 Å². The number of aromatic nitrogens is 3. The van der Waals surface area contributed by atoms with E-state index in [0.29, 0.717) is 25.9 Å². The Morgan fingerprint density at radius 1 is 1.08 bits per heavy atom. The van der Waals surface area contributed by atoms with Crippen LogP contribution < -0.4 is 10.1 Å². The van der Waals surface area contributed by atoms with Crippen LogP contribution in [0, 0.1) is 10.1 Å². The molecule has 2 aromatic heterocycles. The van der Waals surface area contributed by atoms with Crippen molar-refractivity contribution in [1.29, 1.82) is 0 Å². The van der Waals surface area contributed by atoms with Crippen LogP contribution >= 0.6 is 22.9 Å². The van der Waals surface area contributed by atoms with Crippen LogP contribution in [-0.4, -0.2) is 19.5 Å². The summed E-state index contributed by atoms with van der Waals surface area (Å²) in [6.45, 7) is 0. The minimum Gasteiger partial charge on any atom is -0.267 e. The van der Waals surface area contributed by atoms with Gasteiger partial charge in [0.25, 0.3) is 11.2 Å². The quantitative estimate of drug-likeness (QED) is 0.400. The zero-order chi connectivity index (χ0) is 18.3. The van der Waals surface area contributed by atoms with Gasteiger partial charge >= 0.3 is 0 Å². The van der Waals surface area contributed by atoms with Gasteiger partial charge in [-0.1, -0.05) is 22.9 Å². The molecule has 0 unspecified atom stereocenters. The number of nitrogens with zero attached hydrogens (tertiary/aromatic N) is 4. The summed E-state index contributed by atoms with van der Waals surface area (Å²) in [4.78, 5) is 23.5. The summed E-state index contributed by atoms with van der Waals surface area (Å²) in [5, 5.41) is 19.5. The van der Waals surface area contributed by atoms with Crippen molar-refractivity contribution >= 4 is 39.7 Å². The van der Waals surface area contributed by atoms with E-state index in [2.05, 4.69) is 10.2 Å². The summed E-state index contributed by atoms with van der Waals surface area (Å²) in [5.74, 6) is 0.446. The summed E-state index contributed by atoms with van der Waals surface area (Å²) in [6, 6.07) is 13.0. The molecule has 0 aliphatic carbocycles. The topological polar surface area (TPSA) is 90.4 Å². The van der Waals surface area contributed by atoms with Crippen molar-refractivity contribution < 1.29 is 4.92 Å². The van der Waals surface area contributed by atoms with E-state index in [1.807, 2.05) is 0 Å². The minimum atomic E-state index is -0.466. The largest absolute Gasteiger partial charge is 0.276 e. The average Bonchev–Trinajstić information content (AvgIpc) is 3.17. The summed E-state index contributed by atoms with van der Waals surface area (Å²) < 4.78 is 1.92. The lowest BCUT2D eigenvalue weighted by atomic mass is 10.2. The zero-order valence-corrected chi connectivity index (χ0v) is 14.6. The third-order valence-electron chi connectivity index (χ3n) is 3.75. The lowest BCUT2D eigenvalue weighted by Gasteiger charge is -1.96. The molecule has 0 radical (unpaired) electrons. The number of non-ortho nitro benzene ring substituents is 1. The van der Waals surface area contributed by atoms with E-state index in [0.717, 1.165) is 5.56 Å². The first-order valence-corrected chi connectivity index (χ1v) is 8.62. The van der Waals surface area contributed by atoms with Crippen molar-refractivity contribution in [3.8, 4) is 11.4 Å². The van der Waals surface area contributed by atoms with Crippen molar-refractivity contribution in [3.63, 3.8) is 0 Å². The molecular weight excluding hydrogens is 376 g/mol. The molecule has 2 heterocycles. The average molecular weight is 385 g/mol. The Morgan fingerprint density at radius 3 is 2.42 bits per heavy atom. The SMILES string of the molecule is O=c1/c(=C\c2ccc([N+](=O)[O-])cc2)sc2nnc(-c3ccc(Cl)cc3)n12. The number of hydrogen-bond donors (Lipinski definition) is 0. The highest BCUT2D eigenvalue weighted by Crippen LogP contribution is 2.20. The Morgan fingerprint density at radius 2 is 1.77 bits per heavy atom. The highest BCUT2D eigenvalue weighted by Gasteiger charge is 2.14. The molecule has 0 N–H and O–H groups in total. The normalized spacial score (nSPS) is 12.0. The van der Waals surface area contributed by atoms with Gasteiger partial charge in [0.05, 0.1) is 9.46 Å². The molecule has 0 bridgehead atoms. The molecule has 0 spiro atoms. The zero-order valence-electron chi connectivity index (χ0n) is 13.0. The van der Waals surface area contributed by atoms with Gasteiger partial charge in [0.2, 0.25) is 4.96 Å². The Hall–Kier alpha value is -3.10. The Bertz CT molecular complexity index is 1230. The highest BCUT2D eigenvalue weighted by atomic mass is 35.5. The van der Waals surface area contributed by atoms with Crippen molar-refractivity contribution in [3.05, 3.63) is 84.1 Å². The van der Waals surface area contributed by atoms with E-state index in [1.165, 1.54) is 27.9 Å². The van der Waals surface area contributed by atoms with Gasteiger partial charge in [-0.05, 0) is 48.0 Å². The van der Waals surface area contributed by atoms with Crippen molar-refractivity contribution in [1.82, 2.24) is 14.6 Å². The van der Waals surface area contributed by atoms with Gasteiger partial charge in [-0.15, -0.1) is 10.2 Å². The summed E-state index contributed by atoms with van der Waals surface area (Å²) in [7, 11) is 0. The molecule has 7 nitrogen and oxygen atoms in total. The maximum Gasteiger partial charge on any atom is 0.276 e. The molecule has 4 aromatic rings. The van der Waals surface area contributed by atoms with Crippen molar-refractivity contribution in [2.45, 2.75) is 0 Å². The van der Waals surface area contributed by atoms with Gasteiger partial charge < -0.3 is 0 Å². The smallest absolute Gasteiger partial charge is 0.267 e. The lowest BCUT2D eigenvalue weighted by Crippen LogP contribution is -2.23. The van der Waals surface area contributed by atoms with Crippen molar-refractivity contribution in [2.24, 2.45) is 0 Å². The van der Waals surface area contributed by atoms with E-state index in [9.17, 15) is 14.9 Å².